The molecule has 0 saturated heterocycles. The summed E-state index contributed by atoms with van der Waals surface area (Å²) in [5.41, 5.74) is 0.492. The van der Waals surface area contributed by atoms with E-state index in [9.17, 15) is 14.9 Å². The first-order valence-corrected chi connectivity index (χ1v) is 9.58. The first kappa shape index (κ1) is 21.9. The summed E-state index contributed by atoms with van der Waals surface area (Å²) in [7, 11) is 1.25. The van der Waals surface area contributed by atoms with Crippen LogP contribution >= 0.6 is 34.8 Å². The Morgan fingerprint density at radius 2 is 1.97 bits per heavy atom. The summed E-state index contributed by atoms with van der Waals surface area (Å²) in [4.78, 5) is 23.0. The highest BCUT2D eigenvalue weighted by atomic mass is 35.5. The molecule has 0 aliphatic rings. The lowest BCUT2D eigenvalue weighted by molar-refractivity contribution is -0.385. The van der Waals surface area contributed by atoms with Gasteiger partial charge in [-0.2, -0.15) is 5.10 Å². The fraction of sp³-hybridized carbons (Fsp3) is 0.235. The molecule has 158 valence electrons. The molecule has 0 spiro atoms. The molecule has 2 aromatic heterocycles. The molecule has 10 nitrogen and oxygen atoms in total. The van der Waals surface area contributed by atoms with Gasteiger partial charge in [-0.05, 0) is 24.6 Å². The number of amides is 1. The number of rotatable bonds is 7. The second kappa shape index (κ2) is 8.90. The number of aromatic nitrogens is 4. The van der Waals surface area contributed by atoms with Gasteiger partial charge in [-0.3, -0.25) is 19.6 Å². The van der Waals surface area contributed by atoms with Crippen molar-refractivity contribution in [2.75, 3.05) is 12.4 Å². The smallest absolute Gasteiger partial charge is 0.350 e. The molecule has 0 bridgehead atoms. The zero-order valence-corrected chi connectivity index (χ0v) is 17.9. The van der Waals surface area contributed by atoms with Gasteiger partial charge in [-0.1, -0.05) is 40.9 Å². The van der Waals surface area contributed by atoms with Crippen molar-refractivity contribution in [3.63, 3.8) is 0 Å². The monoisotopic (exact) mass is 472 g/mol. The lowest BCUT2D eigenvalue weighted by Gasteiger charge is -2.11. The molecule has 13 heteroatoms. The molecule has 1 unspecified atom stereocenters. The fourth-order valence-electron chi connectivity index (χ4n) is 2.56. The Morgan fingerprint density at radius 3 is 2.57 bits per heavy atom. The number of nitrogens with one attached hydrogen (secondary N) is 1. The number of ether oxygens (including phenoxy) is 1. The average Bonchev–Trinajstić information content (AvgIpc) is 3.28. The van der Waals surface area contributed by atoms with Crippen LogP contribution in [0, 0.1) is 10.1 Å². The number of nitrogens with zero attached hydrogens (tertiary/aromatic N) is 5. The maximum Gasteiger partial charge on any atom is 0.350 e. The largest absolute Gasteiger partial charge is 0.475 e. The van der Waals surface area contributed by atoms with Crippen molar-refractivity contribution in [2.24, 2.45) is 0 Å². The summed E-state index contributed by atoms with van der Waals surface area (Å²) in [5.74, 6) is -0.567. The van der Waals surface area contributed by atoms with Crippen LogP contribution in [0.25, 0.3) is 0 Å². The summed E-state index contributed by atoms with van der Waals surface area (Å²) in [6.45, 7) is 1.87. The van der Waals surface area contributed by atoms with E-state index in [-0.39, 0.29) is 22.4 Å². The van der Waals surface area contributed by atoms with E-state index in [1.807, 2.05) is 0 Å². The molecule has 1 aromatic carbocycles. The Balaban J connectivity index is 1.73. The van der Waals surface area contributed by atoms with Crippen LogP contribution < -0.4 is 10.1 Å². The van der Waals surface area contributed by atoms with Crippen molar-refractivity contribution in [3.8, 4) is 5.88 Å². The highest BCUT2D eigenvalue weighted by Crippen LogP contribution is 2.27. The second-order valence-corrected chi connectivity index (χ2v) is 7.42. The van der Waals surface area contributed by atoms with Crippen LogP contribution in [0.1, 0.15) is 18.5 Å². The summed E-state index contributed by atoms with van der Waals surface area (Å²) in [6.07, 6.45) is 2.67. The van der Waals surface area contributed by atoms with Crippen molar-refractivity contribution >= 4 is 52.2 Å². The summed E-state index contributed by atoms with van der Waals surface area (Å²) in [6, 6.07) is 4.29. The summed E-state index contributed by atoms with van der Waals surface area (Å²) < 4.78 is 7.53. The lowest BCUT2D eigenvalue weighted by atomic mass is 10.2. The molecule has 0 radical (unpaired) electrons. The van der Waals surface area contributed by atoms with Crippen LogP contribution in [0.4, 0.5) is 11.5 Å². The van der Waals surface area contributed by atoms with Crippen LogP contribution in [0.3, 0.4) is 0 Å². The Bertz CT molecular complexity index is 1110. The standard InChI is InChI=1S/C17H15Cl3N6O4/c1-9(25-8-14(26(28)29)17(23-25)30-2)16(27)21-15-13(20)7-24(22-15)6-10-3-4-11(18)12(19)5-10/h3-5,7-9H,6H2,1-2H3,(H,21,22,27). The third-order valence-electron chi connectivity index (χ3n) is 4.13. The van der Waals surface area contributed by atoms with Crippen LogP contribution in [0.5, 0.6) is 5.88 Å². The van der Waals surface area contributed by atoms with Crippen LogP contribution in [-0.2, 0) is 11.3 Å². The quantitative estimate of drug-likeness (QED) is 0.406. The van der Waals surface area contributed by atoms with Crippen molar-refractivity contribution in [2.45, 2.75) is 19.5 Å². The van der Waals surface area contributed by atoms with E-state index in [0.29, 0.717) is 16.6 Å². The molecule has 0 aliphatic carbocycles. The predicted molar refractivity (Wildman–Crippen MR) is 112 cm³/mol. The Hall–Kier alpha value is -2.82. The van der Waals surface area contributed by atoms with Gasteiger partial charge < -0.3 is 10.1 Å². The fourth-order valence-corrected chi connectivity index (χ4v) is 3.08. The maximum absolute atomic E-state index is 12.6. The third-order valence-corrected chi connectivity index (χ3v) is 5.15. The Kier molecular flexibility index (Phi) is 6.49. The average molecular weight is 474 g/mol. The predicted octanol–water partition coefficient (Wildman–Crippen LogP) is 4.20. The molecule has 2 heterocycles. The topological polar surface area (TPSA) is 117 Å². The number of hydrogen-bond donors (Lipinski definition) is 1. The van der Waals surface area contributed by atoms with Crippen molar-refractivity contribution in [1.29, 1.82) is 0 Å². The Labute approximate surface area is 185 Å². The minimum Gasteiger partial charge on any atom is -0.475 e. The van der Waals surface area contributed by atoms with Gasteiger partial charge in [-0.25, -0.2) is 4.68 Å². The van der Waals surface area contributed by atoms with Gasteiger partial charge >= 0.3 is 11.6 Å². The highest BCUT2D eigenvalue weighted by Gasteiger charge is 2.26. The number of anilines is 1. The molecule has 0 fully saturated rings. The lowest BCUT2D eigenvalue weighted by Crippen LogP contribution is -2.24. The normalized spacial score (nSPS) is 11.9. The maximum atomic E-state index is 12.6. The zero-order chi connectivity index (χ0) is 22.0. The van der Waals surface area contributed by atoms with E-state index in [0.717, 1.165) is 16.4 Å². The molecule has 30 heavy (non-hydrogen) atoms. The molecule has 3 aromatic rings. The number of hydrogen-bond acceptors (Lipinski definition) is 6. The highest BCUT2D eigenvalue weighted by molar-refractivity contribution is 6.42. The van der Waals surface area contributed by atoms with Gasteiger partial charge in [0.2, 0.25) is 5.91 Å². The number of carbonyl (C=O) groups is 1. The molecule has 0 saturated carbocycles. The van der Waals surface area contributed by atoms with Crippen LogP contribution in [0.2, 0.25) is 15.1 Å². The van der Waals surface area contributed by atoms with Crippen molar-refractivity contribution in [3.05, 3.63) is 61.3 Å². The summed E-state index contributed by atoms with van der Waals surface area (Å²) >= 11 is 18.1. The molecule has 1 amide bonds. The van der Waals surface area contributed by atoms with E-state index in [1.54, 1.807) is 24.4 Å². The Morgan fingerprint density at radius 1 is 1.23 bits per heavy atom. The number of carbonyl (C=O) groups excluding carboxylic acids is 1. The third kappa shape index (κ3) is 4.66. The van der Waals surface area contributed by atoms with Crippen LogP contribution in [0.15, 0.2) is 30.6 Å². The minimum absolute atomic E-state index is 0.141. The van der Waals surface area contributed by atoms with E-state index >= 15 is 0 Å². The van der Waals surface area contributed by atoms with Crippen molar-refractivity contribution < 1.29 is 14.5 Å². The number of benzene rings is 1. The molecule has 1 N–H and O–H groups in total. The van der Waals surface area contributed by atoms with E-state index in [1.165, 1.54) is 18.7 Å². The first-order valence-electron chi connectivity index (χ1n) is 8.45. The van der Waals surface area contributed by atoms with E-state index in [4.69, 9.17) is 39.5 Å². The molecular weight excluding hydrogens is 459 g/mol. The molecule has 0 aliphatic heterocycles. The van der Waals surface area contributed by atoms with Crippen molar-refractivity contribution in [1.82, 2.24) is 19.6 Å². The van der Waals surface area contributed by atoms with Gasteiger partial charge in [0.15, 0.2) is 5.82 Å². The van der Waals surface area contributed by atoms with E-state index in [2.05, 4.69) is 15.5 Å². The molecule has 3 rings (SSSR count). The SMILES string of the molecule is COc1nn(C(C)C(=O)Nc2nn(Cc3ccc(Cl)c(Cl)c3)cc2Cl)cc1[N+](=O)[O-]. The van der Waals surface area contributed by atoms with Gasteiger partial charge in [0, 0.05) is 6.20 Å². The number of halogens is 3. The molecular formula is C17H15Cl3N6O4. The summed E-state index contributed by atoms with van der Waals surface area (Å²) in [5, 5.41) is 22.9. The minimum atomic E-state index is -0.885. The van der Waals surface area contributed by atoms with E-state index < -0.39 is 16.9 Å². The van der Waals surface area contributed by atoms with Gasteiger partial charge in [0.25, 0.3) is 0 Å². The second-order valence-electron chi connectivity index (χ2n) is 6.20. The zero-order valence-electron chi connectivity index (χ0n) is 15.7. The van der Waals surface area contributed by atoms with Crippen LogP contribution in [-0.4, -0.2) is 37.5 Å². The van der Waals surface area contributed by atoms with Gasteiger partial charge in [0.1, 0.15) is 17.3 Å². The number of methoxy groups -OCH3 is 1. The van der Waals surface area contributed by atoms with Gasteiger partial charge in [-0.15, -0.1) is 5.10 Å². The first-order chi connectivity index (χ1) is 14.2. The number of nitro groups is 1. The van der Waals surface area contributed by atoms with Gasteiger partial charge in [0.05, 0.1) is 28.6 Å². The molecule has 1 atom stereocenters.